The molecule has 2 N–H and O–H groups in total. The number of amides is 1. The SMILES string of the molecule is O=C1CC(C2CCC2)NN1CCCO. The number of hydrogen-bond donors (Lipinski definition) is 2. The van der Waals surface area contributed by atoms with E-state index in [4.69, 9.17) is 5.11 Å². The normalized spacial score (nSPS) is 28.2. The molecule has 1 aliphatic heterocycles. The molecule has 1 saturated carbocycles. The molecule has 14 heavy (non-hydrogen) atoms. The number of hydrogen-bond acceptors (Lipinski definition) is 3. The minimum Gasteiger partial charge on any atom is -0.396 e. The standard InChI is InChI=1S/C10H18N2O2/c13-6-2-5-12-10(14)7-9(11-12)8-3-1-4-8/h8-9,11,13H,1-7H2. The lowest BCUT2D eigenvalue weighted by molar-refractivity contribution is -0.129. The zero-order valence-corrected chi connectivity index (χ0v) is 8.41. The number of carbonyl (C=O) groups is 1. The molecule has 1 unspecified atom stereocenters. The first-order valence-electron chi connectivity index (χ1n) is 5.48. The van der Waals surface area contributed by atoms with E-state index < -0.39 is 0 Å². The number of nitrogens with one attached hydrogen (secondary N) is 1. The van der Waals surface area contributed by atoms with Crippen molar-refractivity contribution in [2.75, 3.05) is 13.2 Å². The van der Waals surface area contributed by atoms with Crippen LogP contribution >= 0.6 is 0 Å². The van der Waals surface area contributed by atoms with Gasteiger partial charge in [0.2, 0.25) is 5.91 Å². The Morgan fingerprint density at radius 3 is 2.86 bits per heavy atom. The fourth-order valence-corrected chi connectivity index (χ4v) is 2.15. The molecule has 4 heteroatoms. The van der Waals surface area contributed by atoms with Crippen molar-refractivity contribution in [3.8, 4) is 0 Å². The quantitative estimate of drug-likeness (QED) is 0.682. The summed E-state index contributed by atoms with van der Waals surface area (Å²) in [6.45, 7) is 0.790. The van der Waals surface area contributed by atoms with Gasteiger partial charge in [-0.1, -0.05) is 6.42 Å². The van der Waals surface area contributed by atoms with Crippen LogP contribution in [0.25, 0.3) is 0 Å². The van der Waals surface area contributed by atoms with Gasteiger partial charge in [-0.25, -0.2) is 5.43 Å². The van der Waals surface area contributed by atoms with E-state index in [1.54, 1.807) is 5.01 Å². The van der Waals surface area contributed by atoms with Crippen LogP contribution in [-0.2, 0) is 4.79 Å². The summed E-state index contributed by atoms with van der Waals surface area (Å²) in [6.07, 6.45) is 5.15. The van der Waals surface area contributed by atoms with Crippen LogP contribution in [0.15, 0.2) is 0 Å². The van der Waals surface area contributed by atoms with Gasteiger partial charge in [-0.3, -0.25) is 9.80 Å². The second-order valence-corrected chi connectivity index (χ2v) is 4.25. The molecule has 1 heterocycles. The van der Waals surface area contributed by atoms with Gasteiger partial charge in [0.1, 0.15) is 0 Å². The van der Waals surface area contributed by atoms with E-state index in [9.17, 15) is 4.79 Å². The molecule has 2 rings (SSSR count). The average Bonchev–Trinajstić information content (AvgIpc) is 2.40. The van der Waals surface area contributed by atoms with Crippen LogP contribution in [0.2, 0.25) is 0 Å². The Morgan fingerprint density at radius 1 is 1.50 bits per heavy atom. The van der Waals surface area contributed by atoms with Crippen LogP contribution in [0, 0.1) is 5.92 Å². The number of hydrazine groups is 1. The minimum absolute atomic E-state index is 0.152. The predicted octanol–water partition coefficient (Wildman–Crippen LogP) is 0.274. The van der Waals surface area contributed by atoms with Crippen molar-refractivity contribution in [1.82, 2.24) is 10.4 Å². The highest BCUT2D eigenvalue weighted by Gasteiger charge is 2.36. The van der Waals surface area contributed by atoms with Crippen LogP contribution < -0.4 is 5.43 Å². The maximum atomic E-state index is 11.5. The molecule has 2 aliphatic rings. The maximum absolute atomic E-state index is 11.5. The molecule has 4 nitrogen and oxygen atoms in total. The third-order valence-electron chi connectivity index (χ3n) is 3.28. The van der Waals surface area contributed by atoms with Gasteiger partial charge in [0, 0.05) is 25.6 Å². The van der Waals surface area contributed by atoms with E-state index in [-0.39, 0.29) is 12.5 Å². The van der Waals surface area contributed by atoms with Crippen LogP contribution in [0.3, 0.4) is 0 Å². The van der Waals surface area contributed by atoms with Gasteiger partial charge in [-0.2, -0.15) is 0 Å². The second-order valence-electron chi connectivity index (χ2n) is 4.25. The lowest BCUT2D eigenvalue weighted by Crippen LogP contribution is -2.42. The van der Waals surface area contributed by atoms with Crippen molar-refractivity contribution in [2.45, 2.75) is 38.1 Å². The number of nitrogens with zero attached hydrogens (tertiary/aromatic N) is 1. The van der Waals surface area contributed by atoms with Crippen molar-refractivity contribution in [2.24, 2.45) is 5.92 Å². The third-order valence-corrected chi connectivity index (χ3v) is 3.28. The summed E-state index contributed by atoms with van der Waals surface area (Å²) in [6, 6.07) is 0.370. The van der Waals surface area contributed by atoms with Crippen LogP contribution in [-0.4, -0.2) is 35.2 Å². The molecule has 0 aromatic carbocycles. The predicted molar refractivity (Wildman–Crippen MR) is 52.3 cm³/mol. The smallest absolute Gasteiger partial charge is 0.238 e. The number of carbonyl (C=O) groups excluding carboxylic acids is 1. The number of rotatable bonds is 4. The Kier molecular flexibility index (Phi) is 3.03. The van der Waals surface area contributed by atoms with Crippen molar-refractivity contribution in [3.05, 3.63) is 0 Å². The first-order chi connectivity index (χ1) is 6.81. The molecule has 0 aromatic rings. The Morgan fingerprint density at radius 2 is 2.29 bits per heavy atom. The second kappa shape index (κ2) is 4.28. The van der Waals surface area contributed by atoms with E-state index in [1.807, 2.05) is 0 Å². The Hall–Kier alpha value is -0.610. The lowest BCUT2D eigenvalue weighted by atomic mass is 9.79. The highest BCUT2D eigenvalue weighted by Crippen LogP contribution is 2.33. The molecule has 0 radical (unpaired) electrons. The lowest BCUT2D eigenvalue weighted by Gasteiger charge is -2.31. The summed E-state index contributed by atoms with van der Waals surface area (Å²) in [5.41, 5.74) is 3.25. The molecular weight excluding hydrogens is 180 g/mol. The molecular formula is C10H18N2O2. The van der Waals surface area contributed by atoms with Gasteiger partial charge in [0.05, 0.1) is 0 Å². The van der Waals surface area contributed by atoms with Gasteiger partial charge < -0.3 is 5.11 Å². The first-order valence-corrected chi connectivity index (χ1v) is 5.48. The summed E-state index contributed by atoms with van der Waals surface area (Å²) in [5, 5.41) is 10.4. The molecule has 1 saturated heterocycles. The maximum Gasteiger partial charge on any atom is 0.238 e. The zero-order chi connectivity index (χ0) is 9.97. The molecule has 0 aromatic heterocycles. The van der Waals surface area contributed by atoms with Crippen molar-refractivity contribution < 1.29 is 9.90 Å². The van der Waals surface area contributed by atoms with E-state index in [2.05, 4.69) is 5.43 Å². The molecule has 0 spiro atoms. The largest absolute Gasteiger partial charge is 0.396 e. The number of aliphatic hydroxyl groups excluding tert-OH is 1. The first kappa shape index (κ1) is 9.93. The van der Waals surface area contributed by atoms with E-state index in [1.165, 1.54) is 19.3 Å². The molecule has 0 bridgehead atoms. The van der Waals surface area contributed by atoms with Gasteiger partial charge in [-0.05, 0) is 25.2 Å². The Balaban J connectivity index is 1.80. The molecule has 1 aliphatic carbocycles. The summed E-state index contributed by atoms with van der Waals surface area (Å²) in [4.78, 5) is 11.5. The third kappa shape index (κ3) is 1.91. The molecule has 80 valence electrons. The highest BCUT2D eigenvalue weighted by atomic mass is 16.3. The van der Waals surface area contributed by atoms with Gasteiger partial charge in [0.15, 0.2) is 0 Å². The van der Waals surface area contributed by atoms with Gasteiger partial charge in [-0.15, -0.1) is 0 Å². The highest BCUT2D eigenvalue weighted by molar-refractivity contribution is 5.78. The summed E-state index contributed by atoms with van der Waals surface area (Å²) in [7, 11) is 0. The molecule has 1 amide bonds. The van der Waals surface area contributed by atoms with Crippen molar-refractivity contribution >= 4 is 5.91 Å². The van der Waals surface area contributed by atoms with Gasteiger partial charge >= 0.3 is 0 Å². The van der Waals surface area contributed by atoms with E-state index in [0.717, 1.165) is 0 Å². The van der Waals surface area contributed by atoms with Crippen molar-refractivity contribution in [3.63, 3.8) is 0 Å². The Bertz CT molecular complexity index is 216. The monoisotopic (exact) mass is 198 g/mol. The topological polar surface area (TPSA) is 52.6 Å². The van der Waals surface area contributed by atoms with Crippen LogP contribution in [0.4, 0.5) is 0 Å². The minimum atomic E-state index is 0.152. The van der Waals surface area contributed by atoms with Gasteiger partial charge in [0.25, 0.3) is 0 Å². The number of aliphatic hydroxyl groups is 1. The van der Waals surface area contributed by atoms with Crippen LogP contribution in [0.1, 0.15) is 32.1 Å². The Labute approximate surface area is 84.2 Å². The molecule has 1 atom stereocenters. The zero-order valence-electron chi connectivity index (χ0n) is 8.41. The average molecular weight is 198 g/mol. The van der Waals surface area contributed by atoms with E-state index >= 15 is 0 Å². The summed E-state index contributed by atoms with van der Waals surface area (Å²) < 4.78 is 0. The fourth-order valence-electron chi connectivity index (χ4n) is 2.15. The molecule has 2 fully saturated rings. The van der Waals surface area contributed by atoms with Crippen molar-refractivity contribution in [1.29, 1.82) is 0 Å². The van der Waals surface area contributed by atoms with E-state index in [0.29, 0.717) is 31.3 Å². The fraction of sp³-hybridized carbons (Fsp3) is 0.900. The van der Waals surface area contributed by atoms with Crippen LogP contribution in [0.5, 0.6) is 0 Å². The summed E-state index contributed by atoms with van der Waals surface area (Å²) >= 11 is 0. The summed E-state index contributed by atoms with van der Waals surface area (Å²) in [5.74, 6) is 0.897.